The van der Waals surface area contributed by atoms with Crippen LogP contribution in [-0.4, -0.2) is 72.8 Å². The summed E-state index contributed by atoms with van der Waals surface area (Å²) in [4.78, 5) is 36.2. The second-order valence-electron chi connectivity index (χ2n) is 7.06. The van der Waals surface area contributed by atoms with Gasteiger partial charge in [0.1, 0.15) is 24.0 Å². The monoisotopic (exact) mass is 480 g/mol. The van der Waals surface area contributed by atoms with Crippen LogP contribution in [-0.2, 0) is 43.4 Å². The van der Waals surface area contributed by atoms with Gasteiger partial charge in [0.05, 0.1) is 0 Å². The SMILES string of the molecule is C=C(C)C(=O)OC1C2OC(=O)C3C2OC1C3C(=O)OC(C(F)(F)F)C(F)(F)S(=O)(=O)O. The van der Waals surface area contributed by atoms with Crippen molar-refractivity contribution in [2.75, 3.05) is 0 Å². The number of fused-ring (bicyclic) bond motifs is 1. The number of carbonyl (C=O) groups excluding carboxylic acids is 3. The van der Waals surface area contributed by atoms with Crippen LogP contribution in [0.5, 0.6) is 0 Å². The van der Waals surface area contributed by atoms with E-state index in [9.17, 15) is 44.8 Å². The standard InChI is InChI=1S/C15H13F5O10S/c1-3(2)10(21)28-8-7-5(4-6(27-7)9(8)29-11(4)22)12(23)30-13(14(16,17)18)15(19,20)31(24,25)26/h4-9,13H,1H2,2H3,(H,24,25,26). The Morgan fingerprint density at radius 3 is 2.23 bits per heavy atom. The molecule has 16 heteroatoms. The molecule has 7 atom stereocenters. The number of alkyl halides is 5. The first-order chi connectivity index (χ1) is 14.0. The molecule has 0 saturated carbocycles. The minimum absolute atomic E-state index is 0.118. The van der Waals surface area contributed by atoms with Gasteiger partial charge < -0.3 is 18.9 Å². The number of hydrogen-bond acceptors (Lipinski definition) is 9. The summed E-state index contributed by atoms with van der Waals surface area (Å²) in [5.41, 5.74) is -0.118. The lowest BCUT2D eigenvalue weighted by molar-refractivity contribution is -0.261. The summed E-state index contributed by atoms with van der Waals surface area (Å²) in [5.74, 6) is -7.79. The summed E-state index contributed by atoms with van der Waals surface area (Å²) in [5, 5.41) is -5.95. The van der Waals surface area contributed by atoms with Crippen molar-refractivity contribution in [3.05, 3.63) is 12.2 Å². The third kappa shape index (κ3) is 3.65. The van der Waals surface area contributed by atoms with Crippen molar-refractivity contribution in [1.82, 2.24) is 0 Å². The normalized spacial score (nSPS) is 33.1. The average Bonchev–Trinajstić information content (AvgIpc) is 3.20. The van der Waals surface area contributed by atoms with Crippen LogP contribution < -0.4 is 0 Å². The topological polar surface area (TPSA) is 142 Å². The van der Waals surface area contributed by atoms with Crippen LogP contribution in [0.25, 0.3) is 0 Å². The van der Waals surface area contributed by atoms with Crippen LogP contribution in [0.4, 0.5) is 22.0 Å². The van der Waals surface area contributed by atoms with E-state index < -0.39 is 81.8 Å². The lowest BCUT2D eigenvalue weighted by Crippen LogP contribution is -2.54. The molecule has 0 aromatic carbocycles. The minimum atomic E-state index is -6.65. The van der Waals surface area contributed by atoms with E-state index in [4.69, 9.17) is 18.8 Å². The average molecular weight is 480 g/mol. The third-order valence-corrected chi connectivity index (χ3v) is 5.85. The van der Waals surface area contributed by atoms with Gasteiger partial charge in [-0.25, -0.2) is 4.79 Å². The Labute approximate surface area is 170 Å². The maximum atomic E-state index is 13.7. The number of esters is 3. The summed E-state index contributed by atoms with van der Waals surface area (Å²) >= 11 is 0. The van der Waals surface area contributed by atoms with Crippen molar-refractivity contribution < 1.29 is 68.3 Å². The van der Waals surface area contributed by atoms with E-state index in [2.05, 4.69) is 11.3 Å². The Hall–Kier alpha value is -2.33. The molecule has 3 fully saturated rings. The molecule has 0 aromatic rings. The highest BCUT2D eigenvalue weighted by atomic mass is 32.2. The highest BCUT2D eigenvalue weighted by Crippen LogP contribution is 2.52. The Morgan fingerprint density at radius 1 is 1.16 bits per heavy atom. The van der Waals surface area contributed by atoms with Gasteiger partial charge in [-0.15, -0.1) is 0 Å². The molecule has 0 aromatic heterocycles. The Balaban J connectivity index is 1.91. The first kappa shape index (κ1) is 23.3. The molecule has 0 spiro atoms. The van der Waals surface area contributed by atoms with Gasteiger partial charge in [0.25, 0.3) is 6.10 Å². The Bertz CT molecular complexity index is 944. The molecule has 0 radical (unpaired) electrons. The molecule has 3 saturated heterocycles. The minimum Gasteiger partial charge on any atom is -0.455 e. The predicted octanol–water partition coefficient (Wildman–Crippen LogP) is 0.368. The molecular formula is C15H13F5O10S. The second kappa shape index (κ2) is 7.09. The molecule has 31 heavy (non-hydrogen) atoms. The van der Waals surface area contributed by atoms with Crippen molar-refractivity contribution in [1.29, 1.82) is 0 Å². The lowest BCUT2D eigenvalue weighted by atomic mass is 9.78. The van der Waals surface area contributed by atoms with Crippen LogP contribution in [0.2, 0.25) is 0 Å². The van der Waals surface area contributed by atoms with Crippen molar-refractivity contribution in [2.45, 2.75) is 48.9 Å². The zero-order chi connectivity index (χ0) is 23.7. The van der Waals surface area contributed by atoms with Crippen LogP contribution in [0, 0.1) is 11.8 Å². The first-order valence-corrected chi connectivity index (χ1v) is 9.77. The molecule has 10 nitrogen and oxygen atoms in total. The van der Waals surface area contributed by atoms with Crippen LogP contribution in [0.3, 0.4) is 0 Å². The number of halogens is 5. The summed E-state index contributed by atoms with van der Waals surface area (Å²) in [7, 11) is -6.65. The largest absolute Gasteiger partial charge is 0.455 e. The second-order valence-corrected chi connectivity index (χ2v) is 8.56. The molecule has 3 aliphatic rings. The molecule has 1 N–H and O–H groups in total. The summed E-state index contributed by atoms with van der Waals surface area (Å²) < 4.78 is 115. The van der Waals surface area contributed by atoms with Gasteiger partial charge in [0, 0.05) is 5.57 Å². The van der Waals surface area contributed by atoms with Gasteiger partial charge in [0.15, 0.2) is 12.2 Å². The molecule has 174 valence electrons. The fraction of sp³-hybridized carbons (Fsp3) is 0.667. The van der Waals surface area contributed by atoms with Gasteiger partial charge in [-0.2, -0.15) is 30.4 Å². The number of ether oxygens (including phenoxy) is 4. The highest BCUT2D eigenvalue weighted by molar-refractivity contribution is 7.86. The van der Waals surface area contributed by atoms with Gasteiger partial charge in [0.2, 0.25) is 0 Å². The lowest BCUT2D eigenvalue weighted by Gasteiger charge is -2.30. The predicted molar refractivity (Wildman–Crippen MR) is 82.6 cm³/mol. The Kier molecular flexibility index (Phi) is 5.34. The molecule has 0 aliphatic carbocycles. The summed E-state index contributed by atoms with van der Waals surface area (Å²) in [6, 6.07) is 0. The van der Waals surface area contributed by atoms with Crippen molar-refractivity contribution >= 4 is 28.0 Å². The van der Waals surface area contributed by atoms with Crippen molar-refractivity contribution in [2.24, 2.45) is 11.8 Å². The first-order valence-electron chi connectivity index (χ1n) is 8.33. The smallest absolute Gasteiger partial charge is 0.432 e. The van der Waals surface area contributed by atoms with E-state index in [0.29, 0.717) is 0 Å². The van der Waals surface area contributed by atoms with Crippen LogP contribution >= 0.6 is 0 Å². The zero-order valence-corrected chi connectivity index (χ0v) is 16.0. The summed E-state index contributed by atoms with van der Waals surface area (Å²) in [6.07, 6.45) is -16.3. The molecule has 0 amide bonds. The van der Waals surface area contributed by atoms with E-state index in [1.54, 1.807) is 0 Å². The van der Waals surface area contributed by atoms with Gasteiger partial charge >= 0.3 is 39.5 Å². The summed E-state index contributed by atoms with van der Waals surface area (Å²) in [6.45, 7) is 4.55. The maximum Gasteiger partial charge on any atom is 0.432 e. The van der Waals surface area contributed by atoms with Gasteiger partial charge in [-0.1, -0.05) is 6.58 Å². The highest BCUT2D eigenvalue weighted by Gasteiger charge is 2.73. The van der Waals surface area contributed by atoms with Crippen molar-refractivity contribution in [3.8, 4) is 0 Å². The molecule has 3 rings (SSSR count). The van der Waals surface area contributed by atoms with E-state index in [0.717, 1.165) is 0 Å². The van der Waals surface area contributed by atoms with Crippen LogP contribution in [0.15, 0.2) is 12.2 Å². The molecular weight excluding hydrogens is 467 g/mol. The Morgan fingerprint density at radius 2 is 1.74 bits per heavy atom. The van der Waals surface area contributed by atoms with Crippen LogP contribution in [0.1, 0.15) is 6.92 Å². The fourth-order valence-electron chi connectivity index (χ4n) is 3.62. The maximum absolute atomic E-state index is 13.7. The van der Waals surface area contributed by atoms with Gasteiger partial charge in [-0.05, 0) is 6.92 Å². The molecule has 3 heterocycles. The van der Waals surface area contributed by atoms with Gasteiger partial charge in [-0.3, -0.25) is 14.1 Å². The molecule has 2 bridgehead atoms. The van der Waals surface area contributed by atoms with E-state index >= 15 is 0 Å². The third-order valence-electron chi connectivity index (χ3n) is 4.95. The van der Waals surface area contributed by atoms with E-state index in [1.165, 1.54) is 6.92 Å². The quantitative estimate of drug-likeness (QED) is 0.186. The zero-order valence-electron chi connectivity index (χ0n) is 15.2. The van der Waals surface area contributed by atoms with E-state index in [-0.39, 0.29) is 5.57 Å². The molecule has 3 aliphatic heterocycles. The van der Waals surface area contributed by atoms with Crippen molar-refractivity contribution in [3.63, 3.8) is 0 Å². The fourth-order valence-corrected chi connectivity index (χ4v) is 4.07. The number of carbonyl (C=O) groups is 3. The van der Waals surface area contributed by atoms with E-state index in [1.807, 2.05) is 0 Å². The number of rotatable bonds is 6. The number of hydrogen-bond donors (Lipinski definition) is 1. The molecule has 7 unspecified atom stereocenters.